The molecule has 6 heteroatoms. The van der Waals surface area contributed by atoms with Crippen LogP contribution >= 0.6 is 0 Å². The van der Waals surface area contributed by atoms with Gasteiger partial charge in [-0.05, 0) is 152 Å². The zero-order valence-electron chi connectivity index (χ0n) is 35.0. The van der Waals surface area contributed by atoms with E-state index < -0.39 is 0 Å². The fourth-order valence-electron chi connectivity index (χ4n) is 8.17. The maximum Gasteiger partial charge on any atom is 0.158 e. The fraction of sp³-hybridized carbons (Fsp3) is 0.236. The van der Waals surface area contributed by atoms with Crippen LogP contribution in [-0.4, -0.2) is 25.8 Å². The van der Waals surface area contributed by atoms with E-state index >= 15 is 0 Å². The summed E-state index contributed by atoms with van der Waals surface area (Å²) in [7, 11) is 0. The van der Waals surface area contributed by atoms with Gasteiger partial charge in [-0.15, -0.1) is 0 Å². The van der Waals surface area contributed by atoms with E-state index in [-0.39, 0.29) is 12.6 Å². The molecule has 0 bridgehead atoms. The van der Waals surface area contributed by atoms with E-state index in [1.165, 1.54) is 22.3 Å². The molecule has 7 aromatic carbocycles. The quantitative estimate of drug-likeness (QED) is 0.109. The van der Waals surface area contributed by atoms with Crippen molar-refractivity contribution in [1.29, 1.82) is 0 Å². The number of para-hydroxylation sites is 1. The first-order valence-electron chi connectivity index (χ1n) is 21.8. The SMILES string of the molecule is Cc1ccc(N(c2ccccc2)c2ccc(-c3ccc(-c4ccc(N(c5ccc(COC6CCCCO6)cc5)c5ccc(COC6CCCCO6)cc5)cc4)cc3)cc2)cc1. The number of rotatable bonds is 14. The van der Waals surface area contributed by atoms with Crippen LogP contribution in [0.4, 0.5) is 34.1 Å². The summed E-state index contributed by atoms with van der Waals surface area (Å²) in [5.41, 5.74) is 14.8. The second kappa shape index (κ2) is 19.6. The number of aryl methyl sites for hydroxylation is 1. The molecular formula is C55H54N2O4. The standard InChI is InChI=1S/C55H54N2O4/c1-41-13-27-49(28-14-41)56(48-9-3-2-4-10-48)52-33-23-46(24-34-52)44-19-21-45(22-20-44)47-25-35-53(36-26-47)57(50-29-15-42(16-30-50)39-60-54-11-5-7-37-58-54)51-31-17-43(18-32-51)40-61-55-12-6-8-38-59-55/h2-4,9-10,13-36,54-55H,5-8,11-12,37-40H2,1H3. The van der Waals surface area contributed by atoms with Crippen LogP contribution in [0.1, 0.15) is 55.2 Å². The summed E-state index contributed by atoms with van der Waals surface area (Å²) >= 11 is 0. The zero-order chi connectivity index (χ0) is 41.2. The van der Waals surface area contributed by atoms with Crippen LogP contribution in [-0.2, 0) is 32.2 Å². The molecular weight excluding hydrogens is 753 g/mol. The Balaban J connectivity index is 0.921. The van der Waals surface area contributed by atoms with Crippen molar-refractivity contribution in [2.24, 2.45) is 0 Å². The molecule has 0 amide bonds. The number of nitrogens with zero attached hydrogens (tertiary/aromatic N) is 2. The van der Waals surface area contributed by atoms with Crippen molar-refractivity contribution in [1.82, 2.24) is 0 Å². The van der Waals surface area contributed by atoms with Crippen molar-refractivity contribution in [2.75, 3.05) is 23.0 Å². The molecule has 2 atom stereocenters. The van der Waals surface area contributed by atoms with E-state index in [0.717, 1.165) is 103 Å². The second-order valence-electron chi connectivity index (χ2n) is 16.1. The van der Waals surface area contributed by atoms with Crippen molar-refractivity contribution in [3.05, 3.63) is 193 Å². The lowest BCUT2D eigenvalue weighted by Crippen LogP contribution is -2.22. The minimum Gasteiger partial charge on any atom is -0.353 e. The summed E-state index contributed by atoms with van der Waals surface area (Å²) in [4.78, 5) is 4.60. The predicted octanol–water partition coefficient (Wildman–Crippen LogP) is 14.4. The van der Waals surface area contributed by atoms with Gasteiger partial charge in [0.1, 0.15) is 0 Å². The number of anilines is 6. The molecule has 0 spiro atoms. The van der Waals surface area contributed by atoms with Crippen LogP contribution < -0.4 is 9.80 Å². The minimum absolute atomic E-state index is 0.111. The maximum absolute atomic E-state index is 6.09. The van der Waals surface area contributed by atoms with E-state index in [0.29, 0.717) is 13.2 Å². The molecule has 2 unspecified atom stereocenters. The van der Waals surface area contributed by atoms with E-state index in [4.69, 9.17) is 18.9 Å². The van der Waals surface area contributed by atoms with Gasteiger partial charge in [-0.3, -0.25) is 0 Å². The second-order valence-corrected chi connectivity index (χ2v) is 16.1. The Morgan fingerprint density at radius 2 is 0.721 bits per heavy atom. The summed E-state index contributed by atoms with van der Waals surface area (Å²) in [5, 5.41) is 0. The molecule has 308 valence electrons. The van der Waals surface area contributed by atoms with E-state index in [2.05, 4.69) is 193 Å². The number of hydrogen-bond acceptors (Lipinski definition) is 6. The van der Waals surface area contributed by atoms with Crippen LogP contribution in [0, 0.1) is 6.92 Å². The Labute approximate surface area is 360 Å². The van der Waals surface area contributed by atoms with E-state index in [9.17, 15) is 0 Å². The third-order valence-electron chi connectivity index (χ3n) is 11.6. The lowest BCUT2D eigenvalue weighted by molar-refractivity contribution is -0.169. The molecule has 0 N–H and O–H groups in total. The molecule has 2 heterocycles. The molecule has 2 saturated heterocycles. The lowest BCUT2D eigenvalue weighted by atomic mass is 9.99. The fourth-order valence-corrected chi connectivity index (χ4v) is 8.17. The van der Waals surface area contributed by atoms with Crippen LogP contribution in [0.15, 0.2) is 176 Å². The Hall–Kier alpha value is -6.02. The van der Waals surface area contributed by atoms with Gasteiger partial charge < -0.3 is 28.7 Å². The number of benzene rings is 7. The average molecular weight is 807 g/mol. The molecule has 0 saturated carbocycles. The van der Waals surface area contributed by atoms with Crippen molar-refractivity contribution in [3.63, 3.8) is 0 Å². The van der Waals surface area contributed by atoms with Gasteiger partial charge >= 0.3 is 0 Å². The van der Waals surface area contributed by atoms with Crippen LogP contribution in [0.3, 0.4) is 0 Å². The highest BCUT2D eigenvalue weighted by Crippen LogP contribution is 2.38. The highest BCUT2D eigenvalue weighted by atomic mass is 16.7. The Kier molecular flexibility index (Phi) is 13.0. The van der Waals surface area contributed by atoms with Gasteiger partial charge in [-0.1, -0.05) is 109 Å². The normalized spacial score (nSPS) is 16.5. The minimum atomic E-state index is -0.111. The van der Waals surface area contributed by atoms with Crippen molar-refractivity contribution in [3.8, 4) is 22.3 Å². The largest absolute Gasteiger partial charge is 0.353 e. The molecule has 9 rings (SSSR count). The lowest BCUT2D eigenvalue weighted by Gasteiger charge is -2.27. The van der Waals surface area contributed by atoms with E-state index in [1.807, 2.05) is 0 Å². The maximum atomic E-state index is 6.09. The van der Waals surface area contributed by atoms with Crippen molar-refractivity contribution < 1.29 is 18.9 Å². The molecule has 7 aromatic rings. The smallest absolute Gasteiger partial charge is 0.158 e. The number of ether oxygens (including phenoxy) is 4. The third kappa shape index (κ3) is 10.1. The summed E-state index contributed by atoms with van der Waals surface area (Å²) in [6, 6.07) is 63.2. The molecule has 0 aromatic heterocycles. The van der Waals surface area contributed by atoms with Gasteiger partial charge in [0.2, 0.25) is 0 Å². The molecule has 61 heavy (non-hydrogen) atoms. The van der Waals surface area contributed by atoms with Gasteiger partial charge in [-0.25, -0.2) is 0 Å². The molecule has 0 aliphatic carbocycles. The Morgan fingerprint density at radius 3 is 1.08 bits per heavy atom. The molecule has 2 fully saturated rings. The molecule has 2 aliphatic heterocycles. The molecule has 6 nitrogen and oxygen atoms in total. The summed E-state index contributed by atoms with van der Waals surface area (Å²) in [5.74, 6) is 0. The van der Waals surface area contributed by atoms with Crippen LogP contribution in [0.25, 0.3) is 22.3 Å². The van der Waals surface area contributed by atoms with Gasteiger partial charge in [0.25, 0.3) is 0 Å². The monoisotopic (exact) mass is 806 g/mol. The zero-order valence-corrected chi connectivity index (χ0v) is 35.0. The number of hydrogen-bond donors (Lipinski definition) is 0. The summed E-state index contributed by atoms with van der Waals surface area (Å²) in [6.07, 6.45) is 6.22. The highest BCUT2D eigenvalue weighted by molar-refractivity contribution is 5.81. The van der Waals surface area contributed by atoms with Crippen molar-refractivity contribution in [2.45, 2.75) is 71.2 Å². The predicted molar refractivity (Wildman–Crippen MR) is 248 cm³/mol. The first-order valence-corrected chi connectivity index (χ1v) is 21.8. The highest BCUT2D eigenvalue weighted by Gasteiger charge is 2.18. The molecule has 0 radical (unpaired) electrons. The average Bonchev–Trinajstić information content (AvgIpc) is 3.33. The third-order valence-corrected chi connectivity index (χ3v) is 11.6. The van der Waals surface area contributed by atoms with Crippen LogP contribution in [0.2, 0.25) is 0 Å². The van der Waals surface area contributed by atoms with Crippen LogP contribution in [0.5, 0.6) is 0 Å². The van der Waals surface area contributed by atoms with E-state index in [1.54, 1.807) is 0 Å². The first-order chi connectivity index (χ1) is 30.1. The Bertz CT molecular complexity index is 2340. The van der Waals surface area contributed by atoms with Gasteiger partial charge in [-0.2, -0.15) is 0 Å². The topological polar surface area (TPSA) is 43.4 Å². The van der Waals surface area contributed by atoms with Gasteiger partial charge in [0, 0.05) is 47.3 Å². The summed E-state index contributed by atoms with van der Waals surface area (Å²) < 4.78 is 23.8. The molecule has 2 aliphatic rings. The van der Waals surface area contributed by atoms with Crippen molar-refractivity contribution >= 4 is 34.1 Å². The first kappa shape index (κ1) is 40.4. The Morgan fingerprint density at radius 1 is 0.393 bits per heavy atom. The van der Waals surface area contributed by atoms with Gasteiger partial charge in [0.05, 0.1) is 13.2 Å². The summed E-state index contributed by atoms with van der Waals surface area (Å²) in [6.45, 7) is 4.74. The van der Waals surface area contributed by atoms with Gasteiger partial charge in [0.15, 0.2) is 12.6 Å².